The van der Waals surface area contributed by atoms with Gasteiger partial charge in [0.15, 0.2) is 23.0 Å². The van der Waals surface area contributed by atoms with Gasteiger partial charge in [0.2, 0.25) is 0 Å². The first-order valence-electron chi connectivity index (χ1n) is 10.6. The standard InChI is InChI=1S/C22H18Cl2F4N4O4/c1-35-16-8-15(25)17(7-12(16)20(33)30-10-3-2-4-10)36-19-13(23)5-11(6-14(19)24)32-21(34)29-9-18(31-32)22(26,27)28/h5-8,10H,2-4,9H2,1H3,(H,29,34)(H,30,33). The van der Waals surface area contributed by atoms with E-state index in [0.29, 0.717) is 5.01 Å². The Kier molecular flexibility index (Phi) is 7.19. The minimum atomic E-state index is -4.77. The van der Waals surface area contributed by atoms with Crippen LogP contribution in [0, 0.1) is 5.82 Å². The Morgan fingerprint density at radius 2 is 1.83 bits per heavy atom. The molecular weight excluding hydrogens is 531 g/mol. The second-order valence-electron chi connectivity index (χ2n) is 7.94. The van der Waals surface area contributed by atoms with Gasteiger partial charge < -0.3 is 20.1 Å². The van der Waals surface area contributed by atoms with E-state index in [1.54, 1.807) is 0 Å². The molecule has 1 fully saturated rings. The van der Waals surface area contributed by atoms with E-state index >= 15 is 0 Å². The Labute approximate surface area is 212 Å². The number of carbonyl (C=O) groups excluding carboxylic acids is 2. The molecule has 1 heterocycles. The predicted molar refractivity (Wildman–Crippen MR) is 124 cm³/mol. The number of hydrogen-bond donors (Lipinski definition) is 2. The monoisotopic (exact) mass is 548 g/mol. The number of methoxy groups -OCH3 is 1. The number of hydrogen-bond acceptors (Lipinski definition) is 5. The number of ether oxygens (including phenoxy) is 2. The second-order valence-corrected chi connectivity index (χ2v) is 8.75. The largest absolute Gasteiger partial charge is 0.496 e. The molecule has 0 spiro atoms. The van der Waals surface area contributed by atoms with Gasteiger partial charge in [0.05, 0.1) is 35.0 Å². The lowest BCUT2D eigenvalue weighted by atomic mass is 9.93. The molecule has 8 nitrogen and oxygen atoms in total. The smallest absolute Gasteiger partial charge is 0.432 e. The van der Waals surface area contributed by atoms with Crippen LogP contribution in [0.2, 0.25) is 10.0 Å². The Morgan fingerprint density at radius 3 is 2.39 bits per heavy atom. The molecule has 1 aliphatic heterocycles. The van der Waals surface area contributed by atoms with Crippen LogP contribution in [0.4, 0.5) is 28.0 Å². The van der Waals surface area contributed by atoms with E-state index in [1.165, 1.54) is 7.11 Å². The number of nitrogens with zero attached hydrogens (tertiary/aromatic N) is 2. The fourth-order valence-corrected chi connectivity index (χ4v) is 3.97. The third-order valence-electron chi connectivity index (χ3n) is 5.53. The molecule has 0 atom stereocenters. The summed E-state index contributed by atoms with van der Waals surface area (Å²) in [5, 5.41) is 8.15. The van der Waals surface area contributed by atoms with E-state index < -0.39 is 41.9 Å². The van der Waals surface area contributed by atoms with Crippen molar-refractivity contribution >= 4 is 46.5 Å². The minimum Gasteiger partial charge on any atom is -0.496 e. The van der Waals surface area contributed by atoms with Crippen LogP contribution in [-0.2, 0) is 0 Å². The molecule has 192 valence electrons. The summed E-state index contributed by atoms with van der Waals surface area (Å²) in [7, 11) is 1.28. The van der Waals surface area contributed by atoms with Crippen molar-refractivity contribution in [3.05, 3.63) is 45.7 Å². The highest BCUT2D eigenvalue weighted by Gasteiger charge is 2.40. The molecule has 36 heavy (non-hydrogen) atoms. The average molecular weight is 549 g/mol. The lowest BCUT2D eigenvalue weighted by molar-refractivity contribution is -0.0603. The van der Waals surface area contributed by atoms with E-state index in [-0.39, 0.29) is 38.8 Å². The van der Waals surface area contributed by atoms with Crippen LogP contribution in [0.5, 0.6) is 17.2 Å². The zero-order valence-corrected chi connectivity index (χ0v) is 20.0. The van der Waals surface area contributed by atoms with E-state index in [0.717, 1.165) is 43.5 Å². The summed E-state index contributed by atoms with van der Waals surface area (Å²) in [6, 6.07) is 3.33. The van der Waals surface area contributed by atoms with Gasteiger partial charge in [-0.15, -0.1) is 0 Å². The molecule has 0 saturated heterocycles. The van der Waals surface area contributed by atoms with Crippen LogP contribution in [0.15, 0.2) is 29.4 Å². The van der Waals surface area contributed by atoms with Crippen molar-refractivity contribution in [3.63, 3.8) is 0 Å². The van der Waals surface area contributed by atoms with Crippen molar-refractivity contribution in [3.8, 4) is 17.2 Å². The van der Waals surface area contributed by atoms with Crippen LogP contribution >= 0.6 is 23.2 Å². The molecule has 1 aliphatic carbocycles. The quantitative estimate of drug-likeness (QED) is 0.455. The molecule has 0 unspecified atom stereocenters. The number of amides is 3. The number of urea groups is 1. The first kappa shape index (κ1) is 25.8. The van der Waals surface area contributed by atoms with Crippen LogP contribution in [0.3, 0.4) is 0 Å². The number of carbonyl (C=O) groups is 2. The van der Waals surface area contributed by atoms with Crippen molar-refractivity contribution in [2.24, 2.45) is 5.10 Å². The zero-order valence-electron chi connectivity index (χ0n) is 18.5. The highest BCUT2D eigenvalue weighted by molar-refractivity contribution is 6.37. The van der Waals surface area contributed by atoms with Gasteiger partial charge in [-0.2, -0.15) is 23.3 Å². The number of alkyl halides is 3. The molecule has 2 aromatic carbocycles. The van der Waals surface area contributed by atoms with Crippen molar-refractivity contribution in [1.29, 1.82) is 0 Å². The van der Waals surface area contributed by atoms with Gasteiger partial charge in [0.25, 0.3) is 5.91 Å². The Bertz CT molecular complexity index is 1230. The molecule has 2 N–H and O–H groups in total. The third-order valence-corrected chi connectivity index (χ3v) is 6.09. The van der Waals surface area contributed by atoms with Crippen molar-refractivity contribution < 1.29 is 36.6 Å². The molecule has 1 saturated carbocycles. The van der Waals surface area contributed by atoms with E-state index in [9.17, 15) is 27.2 Å². The molecule has 4 rings (SSSR count). The molecule has 0 aromatic heterocycles. The molecule has 2 aromatic rings. The molecule has 0 radical (unpaired) electrons. The Balaban J connectivity index is 1.64. The second kappa shape index (κ2) is 10.0. The van der Waals surface area contributed by atoms with Gasteiger partial charge in [-0.1, -0.05) is 23.2 Å². The number of benzene rings is 2. The summed E-state index contributed by atoms with van der Waals surface area (Å²) in [5.74, 6) is -2.05. The van der Waals surface area contributed by atoms with Gasteiger partial charge in [-0.3, -0.25) is 4.79 Å². The van der Waals surface area contributed by atoms with Crippen LogP contribution in [0.1, 0.15) is 29.6 Å². The molecular formula is C22H18Cl2F4N4O4. The topological polar surface area (TPSA) is 92.3 Å². The van der Waals surface area contributed by atoms with Crippen LogP contribution < -0.4 is 25.1 Å². The third kappa shape index (κ3) is 5.29. The Hall–Kier alpha value is -3.25. The summed E-state index contributed by atoms with van der Waals surface area (Å²) >= 11 is 12.4. The number of rotatable bonds is 6. The van der Waals surface area contributed by atoms with Crippen molar-refractivity contribution in [2.75, 3.05) is 18.7 Å². The average Bonchev–Trinajstić information content (AvgIpc) is 2.78. The number of anilines is 1. The number of halogens is 6. The van der Waals surface area contributed by atoms with Gasteiger partial charge in [-0.05, 0) is 31.4 Å². The SMILES string of the molecule is COc1cc(F)c(Oc2c(Cl)cc(N3N=C(C(F)(F)F)CNC3=O)cc2Cl)cc1C(=O)NC1CCC1. The zero-order chi connectivity index (χ0) is 26.2. The fraction of sp³-hybridized carbons (Fsp3) is 0.318. The summed E-state index contributed by atoms with van der Waals surface area (Å²) in [5.41, 5.74) is -1.40. The van der Waals surface area contributed by atoms with Crippen molar-refractivity contribution in [2.45, 2.75) is 31.5 Å². The van der Waals surface area contributed by atoms with Gasteiger partial charge in [-0.25, -0.2) is 9.18 Å². The first-order chi connectivity index (χ1) is 17.0. The van der Waals surface area contributed by atoms with E-state index in [4.69, 9.17) is 32.7 Å². The molecule has 0 bridgehead atoms. The van der Waals surface area contributed by atoms with Crippen LogP contribution in [0.25, 0.3) is 0 Å². The van der Waals surface area contributed by atoms with Gasteiger partial charge in [0.1, 0.15) is 5.75 Å². The summed E-state index contributed by atoms with van der Waals surface area (Å²) in [6.07, 6.45) is -2.11. The summed E-state index contributed by atoms with van der Waals surface area (Å²) in [4.78, 5) is 24.8. The fourth-order valence-electron chi connectivity index (χ4n) is 3.42. The van der Waals surface area contributed by atoms with E-state index in [2.05, 4.69) is 15.7 Å². The first-order valence-corrected chi connectivity index (χ1v) is 11.3. The molecule has 14 heteroatoms. The van der Waals surface area contributed by atoms with Gasteiger partial charge in [0, 0.05) is 18.2 Å². The number of hydrazone groups is 1. The minimum absolute atomic E-state index is 0.0144. The number of nitrogens with one attached hydrogen (secondary N) is 2. The van der Waals surface area contributed by atoms with Gasteiger partial charge >= 0.3 is 12.2 Å². The van der Waals surface area contributed by atoms with Crippen LogP contribution in [-0.4, -0.2) is 43.5 Å². The Morgan fingerprint density at radius 1 is 1.17 bits per heavy atom. The summed E-state index contributed by atoms with van der Waals surface area (Å²) < 4.78 is 64.5. The van der Waals surface area contributed by atoms with Crippen molar-refractivity contribution in [1.82, 2.24) is 10.6 Å². The maximum Gasteiger partial charge on any atom is 0.432 e. The molecule has 3 amide bonds. The maximum atomic E-state index is 14.7. The lowest BCUT2D eigenvalue weighted by Gasteiger charge is -2.26. The highest BCUT2D eigenvalue weighted by atomic mass is 35.5. The maximum absolute atomic E-state index is 14.7. The molecule has 2 aliphatic rings. The summed E-state index contributed by atoms with van der Waals surface area (Å²) in [6.45, 7) is -0.797. The lowest BCUT2D eigenvalue weighted by Crippen LogP contribution is -2.49. The normalized spacial score (nSPS) is 16.1. The highest BCUT2D eigenvalue weighted by Crippen LogP contribution is 2.42. The van der Waals surface area contributed by atoms with E-state index in [1.807, 2.05) is 0 Å². The predicted octanol–water partition coefficient (Wildman–Crippen LogP) is 5.66.